The van der Waals surface area contributed by atoms with Crippen LogP contribution in [-0.2, 0) is 4.79 Å². The summed E-state index contributed by atoms with van der Waals surface area (Å²) in [5, 5.41) is 14.9. The van der Waals surface area contributed by atoms with Crippen molar-refractivity contribution in [3.05, 3.63) is 67.6 Å². The summed E-state index contributed by atoms with van der Waals surface area (Å²) < 4.78 is 6.13. The van der Waals surface area contributed by atoms with Gasteiger partial charge in [-0.1, -0.05) is 27.5 Å². The second-order valence-electron chi connectivity index (χ2n) is 4.90. The molecule has 2 aromatic carbocycles. The molecule has 0 aliphatic carbocycles. The van der Waals surface area contributed by atoms with Gasteiger partial charge in [0.1, 0.15) is 5.75 Å². The lowest BCUT2D eigenvalue weighted by Gasteiger charge is -2.07. The van der Waals surface area contributed by atoms with E-state index in [0.717, 1.165) is 4.47 Å². The number of benzene rings is 2. The number of ether oxygens (including phenoxy) is 1. The SMILES string of the molecule is CC(=NNC(=O)COc1ccc(Br)cc1Cl)c1ccc([N+](=O)[O-])cc1. The number of nitrogens with one attached hydrogen (secondary N) is 1. The molecule has 0 aromatic heterocycles. The van der Waals surface area contributed by atoms with Gasteiger partial charge in [0.05, 0.1) is 15.7 Å². The molecule has 1 N–H and O–H groups in total. The van der Waals surface area contributed by atoms with Gasteiger partial charge in [-0.3, -0.25) is 14.9 Å². The fourth-order valence-electron chi connectivity index (χ4n) is 1.80. The number of hydrogen-bond donors (Lipinski definition) is 1. The van der Waals surface area contributed by atoms with Crippen LogP contribution >= 0.6 is 27.5 Å². The fourth-order valence-corrected chi connectivity index (χ4v) is 2.53. The fraction of sp³-hybridized carbons (Fsp3) is 0.125. The Morgan fingerprint density at radius 3 is 2.60 bits per heavy atom. The number of hydrogen-bond acceptors (Lipinski definition) is 5. The van der Waals surface area contributed by atoms with E-state index in [1.54, 1.807) is 37.3 Å². The third-order valence-corrected chi connectivity index (χ3v) is 3.89. The zero-order valence-electron chi connectivity index (χ0n) is 13.0. The van der Waals surface area contributed by atoms with Crippen LogP contribution in [0.2, 0.25) is 5.02 Å². The van der Waals surface area contributed by atoms with E-state index in [4.69, 9.17) is 16.3 Å². The molecule has 0 radical (unpaired) electrons. The van der Waals surface area contributed by atoms with Crippen LogP contribution in [-0.4, -0.2) is 23.1 Å². The van der Waals surface area contributed by atoms with Crippen molar-refractivity contribution < 1.29 is 14.5 Å². The van der Waals surface area contributed by atoms with Crippen molar-refractivity contribution in [1.82, 2.24) is 5.43 Å². The van der Waals surface area contributed by atoms with Crippen molar-refractivity contribution in [2.75, 3.05) is 6.61 Å². The van der Waals surface area contributed by atoms with E-state index >= 15 is 0 Å². The topological polar surface area (TPSA) is 93.8 Å². The summed E-state index contributed by atoms with van der Waals surface area (Å²) in [5.41, 5.74) is 3.50. The average Bonchev–Trinajstić information content (AvgIpc) is 2.59. The van der Waals surface area contributed by atoms with Gasteiger partial charge in [-0.05, 0) is 42.8 Å². The maximum absolute atomic E-state index is 11.8. The maximum atomic E-state index is 11.8. The summed E-state index contributed by atoms with van der Waals surface area (Å²) in [6.07, 6.45) is 0. The first kappa shape index (κ1) is 18.9. The Morgan fingerprint density at radius 2 is 2.00 bits per heavy atom. The molecule has 0 saturated heterocycles. The number of carbonyl (C=O) groups excluding carboxylic acids is 1. The molecule has 0 aliphatic heterocycles. The third kappa shape index (κ3) is 5.54. The molecule has 0 spiro atoms. The first-order valence-electron chi connectivity index (χ1n) is 7.02. The number of halogens is 2. The lowest BCUT2D eigenvalue weighted by atomic mass is 10.1. The summed E-state index contributed by atoms with van der Waals surface area (Å²) in [5.74, 6) is -0.0728. The average molecular weight is 427 g/mol. The van der Waals surface area contributed by atoms with Gasteiger partial charge < -0.3 is 4.74 Å². The first-order chi connectivity index (χ1) is 11.9. The summed E-state index contributed by atoms with van der Waals surface area (Å²) in [6, 6.07) is 10.9. The molecule has 0 atom stereocenters. The molecule has 0 heterocycles. The van der Waals surface area contributed by atoms with Gasteiger partial charge in [0.25, 0.3) is 11.6 Å². The highest BCUT2D eigenvalue weighted by Gasteiger charge is 2.08. The molecule has 0 aliphatic rings. The van der Waals surface area contributed by atoms with Crippen LogP contribution in [0.3, 0.4) is 0 Å². The van der Waals surface area contributed by atoms with Gasteiger partial charge >= 0.3 is 0 Å². The smallest absolute Gasteiger partial charge is 0.277 e. The van der Waals surface area contributed by atoms with E-state index in [-0.39, 0.29) is 12.3 Å². The van der Waals surface area contributed by atoms with E-state index in [1.165, 1.54) is 12.1 Å². The molecule has 130 valence electrons. The largest absolute Gasteiger partial charge is 0.482 e. The van der Waals surface area contributed by atoms with Crippen LogP contribution in [0.1, 0.15) is 12.5 Å². The van der Waals surface area contributed by atoms with Crippen molar-refractivity contribution in [3.8, 4) is 5.75 Å². The number of carbonyl (C=O) groups is 1. The quantitative estimate of drug-likeness (QED) is 0.430. The van der Waals surface area contributed by atoms with E-state index < -0.39 is 10.8 Å². The molecular formula is C16H13BrClN3O4. The minimum absolute atomic E-state index is 0.0136. The van der Waals surface area contributed by atoms with Crippen LogP contribution in [0.5, 0.6) is 5.75 Å². The zero-order valence-corrected chi connectivity index (χ0v) is 15.4. The van der Waals surface area contributed by atoms with Gasteiger partial charge in [-0.15, -0.1) is 0 Å². The van der Waals surface area contributed by atoms with Crippen molar-refractivity contribution in [3.63, 3.8) is 0 Å². The third-order valence-electron chi connectivity index (χ3n) is 3.10. The molecular weight excluding hydrogens is 414 g/mol. The minimum atomic E-state index is -0.484. The summed E-state index contributed by atoms with van der Waals surface area (Å²) in [7, 11) is 0. The van der Waals surface area contributed by atoms with Crippen LogP contribution in [0.15, 0.2) is 52.0 Å². The summed E-state index contributed by atoms with van der Waals surface area (Å²) in [6.45, 7) is 1.42. The molecule has 0 fully saturated rings. The van der Waals surface area contributed by atoms with Gasteiger partial charge in [0.2, 0.25) is 0 Å². The minimum Gasteiger partial charge on any atom is -0.482 e. The Morgan fingerprint density at radius 1 is 1.32 bits per heavy atom. The lowest BCUT2D eigenvalue weighted by molar-refractivity contribution is -0.384. The highest BCUT2D eigenvalue weighted by atomic mass is 79.9. The van der Waals surface area contributed by atoms with Crippen LogP contribution in [0, 0.1) is 10.1 Å². The zero-order chi connectivity index (χ0) is 18.4. The number of nitrogens with zero attached hydrogens (tertiary/aromatic N) is 2. The number of nitro groups is 1. The van der Waals surface area contributed by atoms with Gasteiger partial charge in [-0.25, -0.2) is 5.43 Å². The predicted molar refractivity (Wildman–Crippen MR) is 98.1 cm³/mol. The van der Waals surface area contributed by atoms with E-state index in [9.17, 15) is 14.9 Å². The van der Waals surface area contributed by atoms with Crippen LogP contribution in [0.25, 0.3) is 0 Å². The number of hydrazone groups is 1. The Kier molecular flexibility index (Phi) is 6.49. The van der Waals surface area contributed by atoms with Gasteiger partial charge in [0, 0.05) is 16.6 Å². The van der Waals surface area contributed by atoms with E-state index in [0.29, 0.717) is 22.0 Å². The highest BCUT2D eigenvalue weighted by Crippen LogP contribution is 2.27. The van der Waals surface area contributed by atoms with Crippen LogP contribution < -0.4 is 10.2 Å². The van der Waals surface area contributed by atoms with Crippen molar-refractivity contribution in [2.45, 2.75) is 6.92 Å². The van der Waals surface area contributed by atoms with Crippen molar-refractivity contribution in [2.24, 2.45) is 5.10 Å². The normalized spacial score (nSPS) is 11.1. The molecule has 9 heteroatoms. The number of nitro benzene ring substituents is 1. The molecule has 2 aromatic rings. The maximum Gasteiger partial charge on any atom is 0.277 e. The number of rotatable bonds is 6. The molecule has 0 saturated carbocycles. The lowest BCUT2D eigenvalue weighted by Crippen LogP contribution is -2.25. The van der Waals surface area contributed by atoms with Gasteiger partial charge in [0.15, 0.2) is 6.61 Å². The van der Waals surface area contributed by atoms with Crippen LogP contribution in [0.4, 0.5) is 5.69 Å². The van der Waals surface area contributed by atoms with E-state index in [2.05, 4.69) is 26.5 Å². The molecule has 2 rings (SSSR count). The molecule has 7 nitrogen and oxygen atoms in total. The van der Waals surface area contributed by atoms with E-state index in [1.807, 2.05) is 0 Å². The summed E-state index contributed by atoms with van der Waals surface area (Å²) in [4.78, 5) is 21.9. The number of amides is 1. The van der Waals surface area contributed by atoms with Crippen molar-refractivity contribution >= 4 is 44.8 Å². The molecule has 0 unspecified atom stereocenters. The molecule has 1 amide bonds. The molecule has 25 heavy (non-hydrogen) atoms. The monoisotopic (exact) mass is 425 g/mol. The Hall–Kier alpha value is -2.45. The second kappa shape index (κ2) is 8.59. The van der Waals surface area contributed by atoms with Crippen molar-refractivity contribution in [1.29, 1.82) is 0 Å². The molecule has 0 bridgehead atoms. The second-order valence-corrected chi connectivity index (χ2v) is 6.22. The highest BCUT2D eigenvalue weighted by molar-refractivity contribution is 9.10. The predicted octanol–water partition coefficient (Wildman–Crippen LogP) is 3.93. The Bertz CT molecular complexity index is 825. The Labute approximate surface area is 156 Å². The summed E-state index contributed by atoms with van der Waals surface area (Å²) >= 11 is 9.27. The Balaban J connectivity index is 1.91. The standard InChI is InChI=1S/C16H13BrClN3O4/c1-10(11-2-5-13(6-3-11)21(23)24)19-20-16(22)9-25-15-7-4-12(17)8-14(15)18/h2-8H,9H2,1H3,(H,20,22). The first-order valence-corrected chi connectivity index (χ1v) is 8.19. The van der Waals surface area contributed by atoms with Gasteiger partial charge in [-0.2, -0.15) is 5.10 Å². The number of non-ortho nitro benzene ring substituents is 1.